The van der Waals surface area contributed by atoms with Crippen LogP contribution in [0.1, 0.15) is 66.7 Å². The van der Waals surface area contributed by atoms with Gasteiger partial charge in [-0.1, -0.05) is 19.0 Å². The van der Waals surface area contributed by atoms with E-state index in [1.54, 1.807) is 12.1 Å². The molecule has 162 valence electrons. The summed E-state index contributed by atoms with van der Waals surface area (Å²) in [6.07, 6.45) is 3.06. The number of pyridine rings is 1. The molecule has 0 N–H and O–H groups in total. The van der Waals surface area contributed by atoms with Crippen LogP contribution < -0.4 is 4.90 Å². The van der Waals surface area contributed by atoms with E-state index in [-0.39, 0.29) is 17.6 Å². The second-order valence-electron chi connectivity index (χ2n) is 8.88. The zero-order chi connectivity index (χ0) is 21.5. The van der Waals surface area contributed by atoms with Gasteiger partial charge in [0.1, 0.15) is 5.82 Å². The van der Waals surface area contributed by atoms with E-state index in [1.165, 1.54) is 12.1 Å². The average molecular weight is 423 g/mol. The third-order valence-electron chi connectivity index (χ3n) is 6.24. The summed E-state index contributed by atoms with van der Waals surface area (Å²) in [5.74, 6) is 0.333. The lowest BCUT2D eigenvalue weighted by molar-refractivity contribution is 0.0768. The van der Waals surface area contributed by atoms with Crippen molar-refractivity contribution in [3.8, 4) is 0 Å². The van der Waals surface area contributed by atoms with Crippen LogP contribution >= 0.6 is 0 Å². The van der Waals surface area contributed by atoms with Gasteiger partial charge in [0.05, 0.1) is 16.6 Å². The molecule has 1 saturated heterocycles. The third kappa shape index (κ3) is 3.89. The summed E-state index contributed by atoms with van der Waals surface area (Å²) in [5.41, 5.74) is 3.84. The van der Waals surface area contributed by atoms with Gasteiger partial charge >= 0.3 is 0 Å². The summed E-state index contributed by atoms with van der Waals surface area (Å²) in [4.78, 5) is 22.5. The molecule has 1 saturated carbocycles. The number of carbonyl (C=O) groups is 1. The van der Waals surface area contributed by atoms with E-state index in [4.69, 9.17) is 4.52 Å². The van der Waals surface area contributed by atoms with E-state index in [0.717, 1.165) is 48.3 Å². The summed E-state index contributed by atoms with van der Waals surface area (Å²) in [6, 6.07) is 8.53. The molecule has 0 spiro atoms. The molecule has 2 fully saturated rings. The van der Waals surface area contributed by atoms with Crippen molar-refractivity contribution in [2.24, 2.45) is 0 Å². The molecule has 5 rings (SSSR count). The van der Waals surface area contributed by atoms with E-state index in [9.17, 15) is 9.18 Å². The van der Waals surface area contributed by atoms with Gasteiger partial charge in [-0.05, 0) is 55.5 Å². The fourth-order valence-electron chi connectivity index (χ4n) is 4.34. The maximum atomic E-state index is 13.7. The molecule has 0 atom stereocenters. The number of nitrogens with zero attached hydrogens (tertiary/aromatic N) is 4. The van der Waals surface area contributed by atoms with Crippen LogP contribution in [0.5, 0.6) is 0 Å². The Kier molecular flexibility index (Phi) is 5.12. The van der Waals surface area contributed by atoms with Gasteiger partial charge in [0, 0.05) is 43.5 Å². The summed E-state index contributed by atoms with van der Waals surface area (Å²) in [6.45, 7) is 6.93. The summed E-state index contributed by atoms with van der Waals surface area (Å²) in [5, 5.41) is 4.99. The van der Waals surface area contributed by atoms with Gasteiger partial charge in [0.2, 0.25) is 0 Å². The monoisotopic (exact) mass is 422 g/mol. The topological polar surface area (TPSA) is 62.5 Å². The van der Waals surface area contributed by atoms with Gasteiger partial charge in [-0.25, -0.2) is 9.37 Å². The molecule has 31 heavy (non-hydrogen) atoms. The Balaban J connectivity index is 1.44. The number of rotatable bonds is 4. The molecule has 1 aromatic carbocycles. The SMILES string of the molecule is CC(C)c1noc2nc(C3CC3)cc(C(=O)N3CCCN(c4ccc(F)cc4)CC3)c12. The summed E-state index contributed by atoms with van der Waals surface area (Å²) in [7, 11) is 0. The molecule has 6 nitrogen and oxygen atoms in total. The van der Waals surface area contributed by atoms with E-state index in [1.807, 2.05) is 24.8 Å². The Morgan fingerprint density at radius 2 is 1.90 bits per heavy atom. The number of benzene rings is 1. The van der Waals surface area contributed by atoms with Crippen molar-refractivity contribution >= 4 is 22.7 Å². The number of hydrogen-bond donors (Lipinski definition) is 0. The molecular formula is C24H27FN4O2. The Bertz CT molecular complexity index is 1100. The first-order chi connectivity index (χ1) is 15.0. The van der Waals surface area contributed by atoms with Gasteiger partial charge in [-0.15, -0.1) is 0 Å². The maximum Gasteiger partial charge on any atom is 0.259 e. The zero-order valence-electron chi connectivity index (χ0n) is 18.0. The smallest absolute Gasteiger partial charge is 0.259 e. The van der Waals surface area contributed by atoms with E-state index in [0.29, 0.717) is 36.8 Å². The van der Waals surface area contributed by atoms with Crippen LogP contribution in [0.15, 0.2) is 34.9 Å². The van der Waals surface area contributed by atoms with Gasteiger partial charge in [-0.2, -0.15) is 0 Å². The van der Waals surface area contributed by atoms with Crippen molar-refractivity contribution in [1.29, 1.82) is 0 Å². The number of anilines is 1. The number of halogens is 1. The predicted molar refractivity (Wildman–Crippen MR) is 117 cm³/mol. The Morgan fingerprint density at radius 3 is 2.61 bits per heavy atom. The molecule has 2 aromatic heterocycles. The van der Waals surface area contributed by atoms with Crippen LogP contribution in [0.4, 0.5) is 10.1 Å². The van der Waals surface area contributed by atoms with Crippen LogP contribution in [-0.2, 0) is 0 Å². The minimum absolute atomic E-state index is 0.0142. The quantitative estimate of drug-likeness (QED) is 0.609. The Labute approximate surface area is 181 Å². The molecule has 1 aliphatic carbocycles. The fourth-order valence-corrected chi connectivity index (χ4v) is 4.34. The normalized spacial score (nSPS) is 17.4. The highest BCUT2D eigenvalue weighted by atomic mass is 19.1. The molecule has 0 radical (unpaired) electrons. The van der Waals surface area contributed by atoms with E-state index < -0.39 is 0 Å². The van der Waals surface area contributed by atoms with Crippen molar-refractivity contribution in [2.45, 2.75) is 44.9 Å². The minimum atomic E-state index is -0.238. The number of aromatic nitrogens is 2. The maximum absolute atomic E-state index is 13.7. The van der Waals surface area contributed by atoms with Crippen molar-refractivity contribution in [3.63, 3.8) is 0 Å². The van der Waals surface area contributed by atoms with Crippen LogP contribution in [0, 0.1) is 5.82 Å². The molecule has 1 amide bonds. The van der Waals surface area contributed by atoms with E-state index in [2.05, 4.69) is 15.0 Å². The molecule has 3 aromatic rings. The first-order valence-corrected chi connectivity index (χ1v) is 11.1. The summed E-state index contributed by atoms with van der Waals surface area (Å²) >= 11 is 0. The van der Waals surface area contributed by atoms with Crippen molar-refractivity contribution < 1.29 is 13.7 Å². The van der Waals surface area contributed by atoms with Crippen molar-refractivity contribution in [2.75, 3.05) is 31.1 Å². The lowest BCUT2D eigenvalue weighted by atomic mass is 10.0. The molecule has 7 heteroatoms. The molecule has 3 heterocycles. The van der Waals surface area contributed by atoms with Crippen LogP contribution in [0.25, 0.3) is 11.1 Å². The third-order valence-corrected chi connectivity index (χ3v) is 6.24. The fraction of sp³-hybridized carbons (Fsp3) is 0.458. The van der Waals surface area contributed by atoms with Crippen molar-refractivity contribution in [3.05, 3.63) is 53.1 Å². The first-order valence-electron chi connectivity index (χ1n) is 11.1. The number of amides is 1. The molecule has 2 aliphatic rings. The van der Waals surface area contributed by atoms with E-state index >= 15 is 0 Å². The number of carbonyl (C=O) groups excluding carboxylic acids is 1. The second-order valence-corrected chi connectivity index (χ2v) is 8.88. The van der Waals surface area contributed by atoms with Gasteiger partial charge in [0.25, 0.3) is 11.6 Å². The zero-order valence-corrected chi connectivity index (χ0v) is 18.0. The Morgan fingerprint density at radius 1 is 1.13 bits per heavy atom. The van der Waals surface area contributed by atoms with Crippen LogP contribution in [-0.4, -0.2) is 47.1 Å². The Hall–Kier alpha value is -2.96. The minimum Gasteiger partial charge on any atom is -0.370 e. The highest BCUT2D eigenvalue weighted by Gasteiger charge is 2.31. The van der Waals surface area contributed by atoms with Gasteiger partial charge in [0.15, 0.2) is 0 Å². The molecular weight excluding hydrogens is 395 g/mol. The number of hydrogen-bond acceptors (Lipinski definition) is 5. The van der Waals surface area contributed by atoms with Gasteiger partial charge in [-0.3, -0.25) is 4.79 Å². The van der Waals surface area contributed by atoms with Crippen LogP contribution in [0.3, 0.4) is 0 Å². The highest BCUT2D eigenvalue weighted by molar-refractivity contribution is 6.06. The molecule has 1 aliphatic heterocycles. The predicted octanol–water partition coefficient (Wildman–Crippen LogP) is 4.72. The largest absolute Gasteiger partial charge is 0.370 e. The first kappa shape index (κ1) is 20.0. The summed E-state index contributed by atoms with van der Waals surface area (Å²) < 4.78 is 18.8. The van der Waals surface area contributed by atoms with Crippen LogP contribution in [0.2, 0.25) is 0 Å². The number of fused-ring (bicyclic) bond motifs is 1. The molecule has 0 bridgehead atoms. The molecule has 0 unspecified atom stereocenters. The standard InChI is InChI=1S/C24H27FN4O2/c1-15(2)22-21-19(14-20(16-4-5-16)26-23(21)31-27-22)24(30)29-11-3-10-28(12-13-29)18-8-6-17(25)7-9-18/h6-9,14-16H,3-5,10-13H2,1-2H3. The van der Waals surface area contributed by atoms with Gasteiger partial charge < -0.3 is 14.3 Å². The average Bonchev–Trinajstić information content (AvgIpc) is 3.56. The second kappa shape index (κ2) is 7.94. The lowest BCUT2D eigenvalue weighted by Crippen LogP contribution is -2.35. The lowest BCUT2D eigenvalue weighted by Gasteiger charge is -2.24. The highest BCUT2D eigenvalue weighted by Crippen LogP contribution is 2.41. The van der Waals surface area contributed by atoms with Crippen molar-refractivity contribution in [1.82, 2.24) is 15.0 Å².